The van der Waals surface area contributed by atoms with Gasteiger partial charge in [0.1, 0.15) is 23.0 Å². The van der Waals surface area contributed by atoms with Crippen LogP contribution in [-0.2, 0) is 0 Å². The Labute approximate surface area is 253 Å². The van der Waals surface area contributed by atoms with Crippen molar-refractivity contribution < 1.29 is 9.15 Å². The second-order valence-corrected chi connectivity index (χ2v) is 11.1. The highest BCUT2D eigenvalue weighted by molar-refractivity contribution is 6.06. The van der Waals surface area contributed by atoms with Gasteiger partial charge in [-0.2, -0.15) is 0 Å². The van der Waals surface area contributed by atoms with Gasteiger partial charge in [-0.05, 0) is 29.8 Å². The Morgan fingerprint density at radius 1 is 0.477 bits per heavy atom. The fraction of sp³-hybridized carbons (Fsp3) is 0.0513. The Kier molecular flexibility index (Phi) is 5.56. The molecule has 7 aromatic rings. The van der Waals surface area contributed by atoms with Gasteiger partial charge in [0, 0.05) is 38.6 Å². The molecule has 2 aliphatic rings. The third-order valence-electron chi connectivity index (χ3n) is 8.56. The first-order valence-electron chi connectivity index (χ1n) is 14.8. The number of rotatable bonds is 4. The molecule has 3 heterocycles. The molecule has 0 saturated carbocycles. The number of allylic oxidation sites excluding steroid dienone is 2. The van der Waals surface area contributed by atoms with Crippen LogP contribution in [0.3, 0.4) is 0 Å². The molecule has 0 fully saturated rings. The Bertz CT molecular complexity index is 2210. The molecule has 208 valence electrons. The van der Waals surface area contributed by atoms with Crippen molar-refractivity contribution in [2.75, 3.05) is 0 Å². The summed E-state index contributed by atoms with van der Waals surface area (Å²) in [6.07, 6.45) is 4.10. The number of hydrogen-bond acceptors (Lipinski definition) is 5. The molecule has 0 bridgehead atoms. The summed E-state index contributed by atoms with van der Waals surface area (Å²) in [5.74, 6) is 2.74. The van der Waals surface area contributed by atoms with Crippen molar-refractivity contribution in [3.63, 3.8) is 0 Å². The van der Waals surface area contributed by atoms with Crippen LogP contribution in [0.2, 0.25) is 0 Å². The highest BCUT2D eigenvalue weighted by Crippen LogP contribution is 2.51. The topological polar surface area (TPSA) is 61.0 Å². The zero-order valence-corrected chi connectivity index (χ0v) is 23.6. The normalized spacial score (nSPS) is 17.1. The van der Waals surface area contributed by atoms with E-state index in [4.69, 9.17) is 24.1 Å². The third-order valence-corrected chi connectivity index (χ3v) is 8.56. The van der Waals surface area contributed by atoms with E-state index in [0.717, 1.165) is 61.1 Å². The van der Waals surface area contributed by atoms with Crippen molar-refractivity contribution in [2.45, 2.75) is 12.0 Å². The van der Waals surface area contributed by atoms with Crippen LogP contribution in [0, 0.1) is 0 Å². The molecular weight excluding hydrogens is 542 g/mol. The first-order chi connectivity index (χ1) is 21.8. The van der Waals surface area contributed by atoms with Crippen LogP contribution in [0.5, 0.6) is 5.75 Å². The molecule has 5 nitrogen and oxygen atoms in total. The average molecular weight is 568 g/mol. The van der Waals surface area contributed by atoms with Gasteiger partial charge in [0.2, 0.25) is 0 Å². The molecule has 1 aliphatic carbocycles. The van der Waals surface area contributed by atoms with E-state index in [1.54, 1.807) is 0 Å². The molecule has 9 rings (SSSR count). The van der Waals surface area contributed by atoms with Gasteiger partial charge in [-0.15, -0.1) is 0 Å². The lowest BCUT2D eigenvalue weighted by Gasteiger charge is -2.27. The largest absolute Gasteiger partial charge is 0.484 e. The Morgan fingerprint density at radius 2 is 1.09 bits per heavy atom. The van der Waals surface area contributed by atoms with Gasteiger partial charge in [0.05, 0.1) is 5.92 Å². The Morgan fingerprint density at radius 3 is 1.86 bits per heavy atom. The van der Waals surface area contributed by atoms with E-state index in [0.29, 0.717) is 17.5 Å². The second kappa shape index (κ2) is 9.89. The zero-order valence-electron chi connectivity index (χ0n) is 23.6. The van der Waals surface area contributed by atoms with Gasteiger partial charge in [0.25, 0.3) is 0 Å². The number of ether oxygens (including phenoxy) is 1. The third kappa shape index (κ3) is 3.97. The molecule has 5 heteroatoms. The number of nitrogens with zero attached hydrogens (tertiary/aromatic N) is 3. The van der Waals surface area contributed by atoms with E-state index < -0.39 is 0 Å². The summed E-state index contributed by atoms with van der Waals surface area (Å²) in [6, 6.07) is 43.1. The molecule has 0 saturated heterocycles. The molecule has 0 spiro atoms. The quantitative estimate of drug-likeness (QED) is 0.212. The van der Waals surface area contributed by atoms with Gasteiger partial charge >= 0.3 is 0 Å². The Hall–Kier alpha value is -5.81. The number of benzene rings is 5. The van der Waals surface area contributed by atoms with E-state index in [1.807, 2.05) is 91.0 Å². The summed E-state index contributed by atoms with van der Waals surface area (Å²) in [4.78, 5) is 15.0. The predicted octanol–water partition coefficient (Wildman–Crippen LogP) is 9.13. The van der Waals surface area contributed by atoms with Gasteiger partial charge in [-0.3, -0.25) is 0 Å². The van der Waals surface area contributed by atoms with Crippen molar-refractivity contribution in [3.05, 3.63) is 156 Å². The number of hydrogen-bond donors (Lipinski definition) is 0. The molecular formula is C39H25N3O2. The first-order valence-corrected chi connectivity index (χ1v) is 14.8. The number of furan rings is 1. The van der Waals surface area contributed by atoms with Crippen LogP contribution < -0.4 is 4.74 Å². The smallest absolute Gasteiger partial charge is 0.164 e. The monoisotopic (exact) mass is 567 g/mol. The molecule has 1 aliphatic heterocycles. The summed E-state index contributed by atoms with van der Waals surface area (Å²) in [6.45, 7) is 0. The minimum atomic E-state index is -0.236. The van der Waals surface area contributed by atoms with Gasteiger partial charge < -0.3 is 9.15 Å². The maximum absolute atomic E-state index is 6.74. The van der Waals surface area contributed by atoms with E-state index in [1.165, 1.54) is 0 Å². The lowest BCUT2D eigenvalue weighted by atomic mass is 9.78. The molecule has 0 N–H and O–H groups in total. The van der Waals surface area contributed by atoms with Crippen molar-refractivity contribution in [2.24, 2.45) is 0 Å². The van der Waals surface area contributed by atoms with Crippen molar-refractivity contribution in [3.8, 4) is 28.5 Å². The van der Waals surface area contributed by atoms with Gasteiger partial charge in [0.15, 0.2) is 17.5 Å². The summed E-state index contributed by atoms with van der Waals surface area (Å²) >= 11 is 0. The molecule has 0 radical (unpaired) electrons. The van der Waals surface area contributed by atoms with Gasteiger partial charge in [-0.1, -0.05) is 115 Å². The fourth-order valence-corrected chi connectivity index (χ4v) is 6.48. The van der Waals surface area contributed by atoms with Crippen molar-refractivity contribution >= 4 is 33.1 Å². The first kappa shape index (κ1) is 24.8. The zero-order chi connectivity index (χ0) is 29.0. The van der Waals surface area contributed by atoms with Crippen molar-refractivity contribution in [1.82, 2.24) is 15.0 Å². The number of fused-ring (bicyclic) bond motifs is 6. The second-order valence-electron chi connectivity index (χ2n) is 11.1. The SMILES string of the molecule is C1=C(c2ccc3oc4ccccc4c3c2)C2Oc3ccccc3C2C(c2nc(-c3ccccc3)nc(-c3ccccc3)n2)=C1. The van der Waals surface area contributed by atoms with Crippen LogP contribution in [0.25, 0.3) is 55.9 Å². The summed E-state index contributed by atoms with van der Waals surface area (Å²) < 4.78 is 12.9. The molecule has 5 aromatic carbocycles. The highest BCUT2D eigenvalue weighted by atomic mass is 16.5. The summed E-state index contributed by atoms with van der Waals surface area (Å²) in [7, 11) is 0. The van der Waals surface area contributed by atoms with Crippen molar-refractivity contribution in [1.29, 1.82) is 0 Å². The average Bonchev–Trinajstić information content (AvgIpc) is 3.67. The standard InChI is InChI=1S/C39H25N3O2/c1-3-11-24(12-4-1)37-40-38(25-13-5-2-6-14-25)42-39(41-37)30-21-20-27(36-35(30)29-16-8-10-18-33(29)44-36)26-19-22-34-31(23-26)28-15-7-9-17-32(28)43-34/h1-23,35-36H. The maximum Gasteiger partial charge on any atom is 0.164 e. The number of para-hydroxylation sites is 2. The van der Waals surface area contributed by atoms with Gasteiger partial charge in [-0.25, -0.2) is 15.0 Å². The minimum absolute atomic E-state index is 0.0855. The predicted molar refractivity (Wildman–Crippen MR) is 174 cm³/mol. The molecule has 0 amide bonds. The number of aromatic nitrogens is 3. The molecule has 2 atom stereocenters. The van der Waals surface area contributed by atoms with Crippen LogP contribution in [0.15, 0.2) is 144 Å². The van der Waals surface area contributed by atoms with E-state index >= 15 is 0 Å². The minimum Gasteiger partial charge on any atom is -0.484 e. The fourth-order valence-electron chi connectivity index (χ4n) is 6.48. The van der Waals surface area contributed by atoms with Crippen LogP contribution >= 0.6 is 0 Å². The lowest BCUT2D eigenvalue weighted by Crippen LogP contribution is -2.25. The van der Waals surface area contributed by atoms with E-state index in [-0.39, 0.29) is 12.0 Å². The van der Waals surface area contributed by atoms with E-state index in [2.05, 4.69) is 48.6 Å². The summed E-state index contributed by atoms with van der Waals surface area (Å²) in [5.41, 5.74) is 8.02. The summed E-state index contributed by atoms with van der Waals surface area (Å²) in [5, 5.41) is 2.20. The molecule has 2 aromatic heterocycles. The van der Waals surface area contributed by atoms with Crippen LogP contribution in [0.4, 0.5) is 0 Å². The maximum atomic E-state index is 6.74. The Balaban J connectivity index is 1.24. The van der Waals surface area contributed by atoms with Crippen LogP contribution in [-0.4, -0.2) is 21.1 Å². The molecule has 2 unspecified atom stereocenters. The van der Waals surface area contributed by atoms with E-state index in [9.17, 15) is 0 Å². The van der Waals surface area contributed by atoms with Crippen LogP contribution in [0.1, 0.15) is 22.9 Å². The highest BCUT2D eigenvalue weighted by Gasteiger charge is 2.42. The molecule has 44 heavy (non-hydrogen) atoms. The lowest BCUT2D eigenvalue weighted by molar-refractivity contribution is 0.281.